The van der Waals surface area contributed by atoms with Crippen LogP contribution in [-0.2, 0) is 13.0 Å². The molecule has 3 rings (SSSR count). The van der Waals surface area contributed by atoms with Crippen molar-refractivity contribution in [3.8, 4) is 17.0 Å². The number of aliphatic hydroxyl groups excluding tert-OH is 1. The van der Waals surface area contributed by atoms with Crippen LogP contribution < -0.4 is 0 Å². The molecule has 1 heterocycles. The van der Waals surface area contributed by atoms with Crippen LogP contribution in [0.2, 0.25) is 0 Å². The van der Waals surface area contributed by atoms with Crippen LogP contribution in [0.4, 0.5) is 4.39 Å². The Bertz CT molecular complexity index is 829. The summed E-state index contributed by atoms with van der Waals surface area (Å²) >= 11 is 0. The summed E-state index contributed by atoms with van der Waals surface area (Å²) < 4.78 is 15.9. The van der Waals surface area contributed by atoms with Crippen molar-refractivity contribution >= 4 is 0 Å². The van der Waals surface area contributed by atoms with E-state index >= 15 is 0 Å². The highest BCUT2D eigenvalue weighted by molar-refractivity contribution is 5.62. The van der Waals surface area contributed by atoms with Gasteiger partial charge >= 0.3 is 0 Å². The average molecular weight is 326 g/mol. The van der Waals surface area contributed by atoms with Crippen LogP contribution in [0.15, 0.2) is 54.9 Å². The van der Waals surface area contributed by atoms with Crippen LogP contribution >= 0.6 is 0 Å². The molecule has 3 aromatic rings. The molecule has 0 aliphatic heterocycles. The summed E-state index contributed by atoms with van der Waals surface area (Å²) in [6.07, 6.45) is 1.51. The Hall–Kier alpha value is -2.66. The molecule has 2 aromatic carbocycles. The van der Waals surface area contributed by atoms with E-state index in [1.54, 1.807) is 25.4 Å². The number of phenols is 1. The molecule has 24 heavy (non-hydrogen) atoms. The number of aliphatic hydroxyl groups is 1. The molecule has 0 spiro atoms. The fraction of sp³-hybridized carbons (Fsp3) is 0.211. The van der Waals surface area contributed by atoms with E-state index in [4.69, 9.17) is 0 Å². The summed E-state index contributed by atoms with van der Waals surface area (Å²) in [6.45, 7) is 1.95. The first kappa shape index (κ1) is 16.2. The molecule has 0 aliphatic rings. The zero-order valence-electron chi connectivity index (χ0n) is 13.4. The van der Waals surface area contributed by atoms with Gasteiger partial charge in [-0.05, 0) is 13.0 Å². The van der Waals surface area contributed by atoms with Gasteiger partial charge in [0.1, 0.15) is 0 Å². The first-order valence-electron chi connectivity index (χ1n) is 7.80. The smallest absolute Gasteiger partial charge is 0.169 e. The number of phenolic OH excluding ortho intramolecular Hbond substituents is 1. The first-order chi connectivity index (χ1) is 11.6. The molecule has 1 atom stereocenters. The van der Waals surface area contributed by atoms with Gasteiger partial charge in [0.05, 0.1) is 24.7 Å². The number of hydrogen-bond donors (Lipinski definition) is 2. The quantitative estimate of drug-likeness (QED) is 0.756. The van der Waals surface area contributed by atoms with Crippen LogP contribution in [-0.4, -0.2) is 25.9 Å². The SMILES string of the molecule is CC(O)Cc1c(-c2ccccc2)ncn1Cc1cccc(O)c1F. The Morgan fingerprint density at radius 3 is 2.58 bits per heavy atom. The molecule has 0 radical (unpaired) electrons. The van der Waals surface area contributed by atoms with Gasteiger partial charge in [-0.15, -0.1) is 0 Å². The molecular formula is C19H19FN2O2. The van der Waals surface area contributed by atoms with Crippen molar-refractivity contribution in [1.29, 1.82) is 0 Å². The maximum atomic E-state index is 14.1. The maximum Gasteiger partial charge on any atom is 0.169 e. The molecule has 0 saturated heterocycles. The summed E-state index contributed by atoms with van der Waals surface area (Å²) in [5.41, 5.74) is 2.93. The number of hydrogen-bond acceptors (Lipinski definition) is 3. The molecule has 1 unspecified atom stereocenters. The van der Waals surface area contributed by atoms with E-state index in [1.807, 2.05) is 34.9 Å². The number of rotatable bonds is 5. The third kappa shape index (κ3) is 3.31. The van der Waals surface area contributed by atoms with Gasteiger partial charge in [-0.1, -0.05) is 42.5 Å². The molecule has 0 bridgehead atoms. The van der Waals surface area contributed by atoms with Crippen molar-refractivity contribution in [3.05, 3.63) is 71.9 Å². The molecule has 0 fully saturated rings. The third-order valence-electron chi connectivity index (χ3n) is 3.88. The summed E-state index contributed by atoms with van der Waals surface area (Å²) in [6, 6.07) is 14.2. The van der Waals surface area contributed by atoms with Crippen molar-refractivity contribution in [1.82, 2.24) is 9.55 Å². The lowest BCUT2D eigenvalue weighted by atomic mass is 10.1. The van der Waals surface area contributed by atoms with Crippen LogP contribution in [0.5, 0.6) is 5.75 Å². The Labute approximate surface area is 139 Å². The van der Waals surface area contributed by atoms with Gasteiger partial charge in [-0.3, -0.25) is 0 Å². The number of aromatic hydroxyl groups is 1. The topological polar surface area (TPSA) is 58.3 Å². The number of nitrogens with zero attached hydrogens (tertiary/aromatic N) is 2. The normalized spacial score (nSPS) is 12.3. The second-order valence-electron chi connectivity index (χ2n) is 5.84. The zero-order chi connectivity index (χ0) is 17.1. The fourth-order valence-corrected chi connectivity index (χ4v) is 2.75. The number of benzene rings is 2. The summed E-state index contributed by atoms with van der Waals surface area (Å²) in [7, 11) is 0. The van der Waals surface area contributed by atoms with E-state index in [1.165, 1.54) is 6.07 Å². The van der Waals surface area contributed by atoms with Gasteiger partial charge in [-0.2, -0.15) is 0 Å². The highest BCUT2D eigenvalue weighted by atomic mass is 19.1. The van der Waals surface area contributed by atoms with E-state index in [-0.39, 0.29) is 12.3 Å². The van der Waals surface area contributed by atoms with Crippen molar-refractivity contribution in [2.24, 2.45) is 0 Å². The predicted octanol–water partition coefficient (Wildman–Crippen LogP) is 3.37. The van der Waals surface area contributed by atoms with Gasteiger partial charge < -0.3 is 14.8 Å². The van der Waals surface area contributed by atoms with Crippen LogP contribution in [0, 0.1) is 5.82 Å². The molecule has 2 N–H and O–H groups in total. The monoisotopic (exact) mass is 326 g/mol. The van der Waals surface area contributed by atoms with Gasteiger partial charge in [0, 0.05) is 23.2 Å². The molecule has 124 valence electrons. The Morgan fingerprint density at radius 1 is 1.12 bits per heavy atom. The number of imidazole rings is 1. The number of halogens is 1. The molecule has 5 heteroatoms. The van der Waals surface area contributed by atoms with Crippen molar-refractivity contribution in [2.45, 2.75) is 26.0 Å². The van der Waals surface area contributed by atoms with Crippen LogP contribution in [0.25, 0.3) is 11.3 Å². The zero-order valence-corrected chi connectivity index (χ0v) is 13.4. The molecule has 4 nitrogen and oxygen atoms in total. The third-order valence-corrected chi connectivity index (χ3v) is 3.88. The van der Waals surface area contributed by atoms with E-state index in [2.05, 4.69) is 4.98 Å². The molecule has 0 amide bonds. The van der Waals surface area contributed by atoms with Crippen LogP contribution in [0.3, 0.4) is 0 Å². The van der Waals surface area contributed by atoms with Gasteiger partial charge in [-0.25, -0.2) is 9.37 Å². The van der Waals surface area contributed by atoms with Gasteiger partial charge in [0.2, 0.25) is 0 Å². The van der Waals surface area contributed by atoms with Gasteiger partial charge in [0.25, 0.3) is 0 Å². The standard InChI is InChI=1S/C19H19FN2O2/c1-13(23)10-16-19(14-6-3-2-4-7-14)21-12-22(16)11-15-8-5-9-17(24)18(15)20/h2-9,12-13,23-24H,10-11H2,1H3. The highest BCUT2D eigenvalue weighted by Gasteiger charge is 2.16. The molecular weight excluding hydrogens is 307 g/mol. The first-order valence-corrected chi connectivity index (χ1v) is 7.80. The van der Waals surface area contributed by atoms with E-state index in [0.717, 1.165) is 17.0 Å². The van der Waals surface area contributed by atoms with E-state index in [9.17, 15) is 14.6 Å². The lowest BCUT2D eigenvalue weighted by Gasteiger charge is -2.13. The van der Waals surface area contributed by atoms with Crippen LogP contribution in [0.1, 0.15) is 18.2 Å². The maximum absolute atomic E-state index is 14.1. The minimum atomic E-state index is -0.629. The van der Waals surface area contributed by atoms with E-state index < -0.39 is 11.9 Å². The summed E-state index contributed by atoms with van der Waals surface area (Å²) in [5, 5.41) is 19.4. The lowest BCUT2D eigenvalue weighted by molar-refractivity contribution is 0.193. The predicted molar refractivity (Wildman–Crippen MR) is 90.2 cm³/mol. The minimum absolute atomic E-state index is 0.238. The Balaban J connectivity index is 2.02. The Morgan fingerprint density at radius 2 is 1.88 bits per heavy atom. The highest BCUT2D eigenvalue weighted by Crippen LogP contribution is 2.25. The van der Waals surface area contributed by atoms with Crippen molar-refractivity contribution in [3.63, 3.8) is 0 Å². The lowest BCUT2D eigenvalue weighted by Crippen LogP contribution is -2.12. The second kappa shape index (κ2) is 6.84. The summed E-state index contributed by atoms with van der Waals surface area (Å²) in [4.78, 5) is 4.45. The Kier molecular flexibility index (Phi) is 4.62. The molecule has 0 aliphatic carbocycles. The number of aromatic nitrogens is 2. The largest absolute Gasteiger partial charge is 0.505 e. The van der Waals surface area contributed by atoms with Gasteiger partial charge in [0.15, 0.2) is 11.6 Å². The minimum Gasteiger partial charge on any atom is -0.505 e. The molecule has 0 saturated carbocycles. The fourth-order valence-electron chi connectivity index (χ4n) is 2.75. The van der Waals surface area contributed by atoms with E-state index in [0.29, 0.717) is 12.0 Å². The average Bonchev–Trinajstić information content (AvgIpc) is 2.94. The summed E-state index contributed by atoms with van der Waals surface area (Å²) in [5.74, 6) is -0.997. The van der Waals surface area contributed by atoms with Crippen molar-refractivity contribution < 1.29 is 14.6 Å². The second-order valence-corrected chi connectivity index (χ2v) is 5.84. The molecule has 1 aromatic heterocycles. The van der Waals surface area contributed by atoms with Crippen molar-refractivity contribution in [2.75, 3.05) is 0 Å².